The van der Waals surface area contributed by atoms with E-state index in [4.69, 9.17) is 14.8 Å². The molecule has 0 aliphatic carbocycles. The van der Waals surface area contributed by atoms with E-state index in [-0.39, 0.29) is 29.6 Å². The number of pyridine rings is 1. The van der Waals surface area contributed by atoms with Gasteiger partial charge in [-0.1, -0.05) is 13.8 Å². The van der Waals surface area contributed by atoms with E-state index in [9.17, 15) is 4.79 Å². The molecule has 0 saturated carbocycles. The molecule has 1 aliphatic rings. The normalized spacial score (nSPS) is 20.8. The van der Waals surface area contributed by atoms with Gasteiger partial charge in [0.2, 0.25) is 0 Å². The summed E-state index contributed by atoms with van der Waals surface area (Å²) < 4.78 is 7.74. The molecule has 7 heteroatoms. The topological polar surface area (TPSA) is 72.3 Å². The number of hydrogen-bond donors (Lipinski definition) is 1. The van der Waals surface area contributed by atoms with Crippen LogP contribution >= 0.6 is 0 Å². The lowest BCUT2D eigenvalue weighted by Crippen LogP contribution is -2.47. The molecule has 2 unspecified atom stereocenters. The summed E-state index contributed by atoms with van der Waals surface area (Å²) in [7, 11) is 0. The quantitative estimate of drug-likeness (QED) is 0.810. The number of morpholine rings is 1. The van der Waals surface area contributed by atoms with E-state index >= 15 is 0 Å². The average molecular weight is 416 g/mol. The minimum absolute atomic E-state index is 0.0600. The highest BCUT2D eigenvalue weighted by Gasteiger charge is 2.26. The van der Waals surface area contributed by atoms with Gasteiger partial charge in [0.05, 0.1) is 34.4 Å². The fourth-order valence-corrected chi connectivity index (χ4v) is 4.14. The van der Waals surface area contributed by atoms with Crippen molar-refractivity contribution in [3.63, 3.8) is 0 Å². The number of carbonyl (C=O) groups is 1. The minimum atomic E-state index is -0.216. The standard InChI is InChI=1S/C23H37N5O2/c1-14(2)19-11-18(20-17(5)26-28(21(20)25-19)23(6,7)8)22(29)24-9-10-27-12-15(3)30-16(4)13-27/h11,14-16H,9-10,12-13H2,1-8H3,(H,24,29). The number of aryl methyl sites for hydroxylation is 1. The van der Waals surface area contributed by atoms with E-state index in [0.717, 1.165) is 42.1 Å². The van der Waals surface area contributed by atoms with Gasteiger partial charge in [-0.2, -0.15) is 5.10 Å². The maximum atomic E-state index is 13.2. The zero-order chi connectivity index (χ0) is 22.2. The van der Waals surface area contributed by atoms with Crippen LogP contribution in [0.25, 0.3) is 11.0 Å². The Morgan fingerprint density at radius 1 is 1.27 bits per heavy atom. The molecule has 1 saturated heterocycles. The third kappa shape index (κ3) is 4.83. The number of nitrogens with zero attached hydrogens (tertiary/aromatic N) is 4. The van der Waals surface area contributed by atoms with Crippen molar-refractivity contribution in [3.05, 3.63) is 23.0 Å². The van der Waals surface area contributed by atoms with Crippen LogP contribution in [-0.2, 0) is 10.3 Å². The SMILES string of the molecule is Cc1nn(C(C)(C)C)c2nc(C(C)C)cc(C(=O)NCCN3CC(C)OC(C)C3)c12. The molecule has 0 radical (unpaired) electrons. The molecule has 7 nitrogen and oxygen atoms in total. The number of rotatable bonds is 5. The highest BCUT2D eigenvalue weighted by atomic mass is 16.5. The highest BCUT2D eigenvalue weighted by Crippen LogP contribution is 2.28. The molecule has 1 aliphatic heterocycles. The molecular formula is C23H37N5O2. The van der Waals surface area contributed by atoms with Gasteiger partial charge < -0.3 is 10.1 Å². The van der Waals surface area contributed by atoms with E-state index < -0.39 is 0 Å². The monoisotopic (exact) mass is 415 g/mol. The van der Waals surface area contributed by atoms with Crippen molar-refractivity contribution < 1.29 is 9.53 Å². The molecular weight excluding hydrogens is 378 g/mol. The Bertz CT molecular complexity index is 902. The Morgan fingerprint density at radius 2 is 1.90 bits per heavy atom. The van der Waals surface area contributed by atoms with E-state index in [1.807, 2.05) is 17.7 Å². The first-order valence-electron chi connectivity index (χ1n) is 11.0. The van der Waals surface area contributed by atoms with Crippen molar-refractivity contribution in [1.29, 1.82) is 0 Å². The molecule has 3 rings (SSSR count). The summed E-state index contributed by atoms with van der Waals surface area (Å²) in [6.45, 7) is 19.9. The van der Waals surface area contributed by atoms with E-state index in [1.54, 1.807) is 0 Å². The molecule has 0 spiro atoms. The molecule has 3 heterocycles. The Hall–Kier alpha value is -1.99. The van der Waals surface area contributed by atoms with Crippen molar-refractivity contribution in [3.8, 4) is 0 Å². The second kappa shape index (κ2) is 8.63. The first-order valence-corrected chi connectivity index (χ1v) is 11.0. The minimum Gasteiger partial charge on any atom is -0.373 e. The molecule has 1 amide bonds. The third-order valence-electron chi connectivity index (χ3n) is 5.51. The predicted octanol–water partition coefficient (Wildman–Crippen LogP) is 3.46. The van der Waals surface area contributed by atoms with Gasteiger partial charge in [-0.25, -0.2) is 9.67 Å². The van der Waals surface area contributed by atoms with Gasteiger partial charge in [0.25, 0.3) is 5.91 Å². The van der Waals surface area contributed by atoms with Crippen molar-refractivity contribution in [2.24, 2.45) is 0 Å². The maximum Gasteiger partial charge on any atom is 0.252 e. The van der Waals surface area contributed by atoms with Crippen LogP contribution in [0, 0.1) is 6.92 Å². The Morgan fingerprint density at radius 3 is 2.47 bits per heavy atom. The number of fused-ring (bicyclic) bond motifs is 1. The van der Waals surface area contributed by atoms with Crippen LogP contribution in [0.2, 0.25) is 0 Å². The van der Waals surface area contributed by atoms with Crippen molar-refractivity contribution >= 4 is 16.9 Å². The van der Waals surface area contributed by atoms with Crippen LogP contribution in [0.4, 0.5) is 0 Å². The van der Waals surface area contributed by atoms with Crippen molar-refractivity contribution in [2.45, 2.75) is 79.1 Å². The van der Waals surface area contributed by atoms with Crippen molar-refractivity contribution in [1.82, 2.24) is 25.0 Å². The maximum absolute atomic E-state index is 13.2. The van der Waals surface area contributed by atoms with Gasteiger partial charge in [-0.15, -0.1) is 0 Å². The summed E-state index contributed by atoms with van der Waals surface area (Å²) in [6.07, 6.45) is 0.451. The van der Waals surface area contributed by atoms with Crippen LogP contribution < -0.4 is 5.32 Å². The van der Waals surface area contributed by atoms with Crippen LogP contribution in [0.5, 0.6) is 0 Å². The second-order valence-corrected chi connectivity index (χ2v) is 9.89. The molecule has 2 atom stereocenters. The molecule has 1 N–H and O–H groups in total. The number of aromatic nitrogens is 3. The molecule has 1 fully saturated rings. The van der Waals surface area contributed by atoms with Crippen molar-refractivity contribution in [2.75, 3.05) is 26.2 Å². The van der Waals surface area contributed by atoms with Gasteiger partial charge in [-0.05, 0) is 53.5 Å². The summed E-state index contributed by atoms with van der Waals surface area (Å²) >= 11 is 0. The van der Waals surface area contributed by atoms with Gasteiger partial charge in [0.1, 0.15) is 0 Å². The van der Waals surface area contributed by atoms with Crippen LogP contribution in [0.1, 0.15) is 76.1 Å². The lowest BCUT2D eigenvalue weighted by Gasteiger charge is -2.35. The second-order valence-electron chi connectivity index (χ2n) is 9.89. The first-order chi connectivity index (χ1) is 14.0. The van der Waals surface area contributed by atoms with Gasteiger partial charge in [0.15, 0.2) is 5.65 Å². The Kier molecular flexibility index (Phi) is 6.53. The van der Waals surface area contributed by atoms with Gasteiger partial charge in [-0.3, -0.25) is 9.69 Å². The van der Waals surface area contributed by atoms with Crippen LogP contribution in [-0.4, -0.2) is 64.0 Å². The largest absolute Gasteiger partial charge is 0.373 e. The summed E-state index contributed by atoms with van der Waals surface area (Å²) in [5, 5.41) is 8.70. The molecule has 30 heavy (non-hydrogen) atoms. The van der Waals surface area contributed by atoms with E-state index in [2.05, 4.69) is 58.7 Å². The predicted molar refractivity (Wildman–Crippen MR) is 120 cm³/mol. The van der Waals surface area contributed by atoms with E-state index in [0.29, 0.717) is 12.1 Å². The number of ether oxygens (including phenoxy) is 1. The zero-order valence-corrected chi connectivity index (χ0v) is 19.7. The van der Waals surface area contributed by atoms with Crippen LogP contribution in [0.3, 0.4) is 0 Å². The third-order valence-corrected chi connectivity index (χ3v) is 5.51. The lowest BCUT2D eigenvalue weighted by molar-refractivity contribution is -0.0672. The fourth-order valence-electron chi connectivity index (χ4n) is 4.14. The summed E-state index contributed by atoms with van der Waals surface area (Å²) in [5.41, 5.74) is 2.98. The smallest absolute Gasteiger partial charge is 0.252 e. The molecule has 166 valence electrons. The summed E-state index contributed by atoms with van der Waals surface area (Å²) in [4.78, 5) is 20.4. The summed E-state index contributed by atoms with van der Waals surface area (Å²) in [5.74, 6) is 0.163. The Balaban J connectivity index is 1.85. The van der Waals surface area contributed by atoms with Crippen LogP contribution in [0.15, 0.2) is 6.07 Å². The molecule has 0 bridgehead atoms. The fraction of sp³-hybridized carbons (Fsp3) is 0.696. The molecule has 2 aromatic rings. The van der Waals surface area contributed by atoms with Gasteiger partial charge in [0, 0.05) is 31.9 Å². The average Bonchev–Trinajstić information content (AvgIpc) is 2.97. The molecule has 0 aromatic carbocycles. The van der Waals surface area contributed by atoms with Gasteiger partial charge >= 0.3 is 0 Å². The lowest BCUT2D eigenvalue weighted by atomic mass is 10.0. The van der Waals surface area contributed by atoms with E-state index in [1.165, 1.54) is 0 Å². The highest BCUT2D eigenvalue weighted by molar-refractivity contribution is 6.06. The summed E-state index contributed by atoms with van der Waals surface area (Å²) in [6, 6.07) is 1.93. The zero-order valence-electron chi connectivity index (χ0n) is 19.7. The molecule has 2 aromatic heterocycles. The Labute approximate surface area is 180 Å². The number of hydrogen-bond acceptors (Lipinski definition) is 5. The first kappa shape index (κ1) is 22.7. The number of amides is 1. The number of nitrogens with one attached hydrogen (secondary N) is 1. The number of carbonyl (C=O) groups excluding carboxylic acids is 1.